The van der Waals surface area contributed by atoms with Gasteiger partial charge in [-0.1, -0.05) is 49.6 Å². The monoisotopic (exact) mass is 270 g/mol. The Hall–Kier alpha value is -2.17. The molecule has 1 fully saturated rings. The first-order valence-corrected chi connectivity index (χ1v) is 7.08. The van der Waals surface area contributed by atoms with Gasteiger partial charge in [-0.25, -0.2) is 0 Å². The molecule has 104 valence electrons. The molecule has 0 saturated heterocycles. The SMILES string of the molecule is Nc1nc(-c2ccccc2)nn1C(=O)C1CCCCC1. The van der Waals surface area contributed by atoms with Gasteiger partial charge < -0.3 is 5.73 Å². The van der Waals surface area contributed by atoms with Crippen molar-refractivity contribution >= 4 is 11.9 Å². The molecule has 1 aromatic heterocycles. The number of carbonyl (C=O) groups is 1. The van der Waals surface area contributed by atoms with E-state index >= 15 is 0 Å². The number of nitrogen functional groups attached to an aromatic ring is 1. The summed E-state index contributed by atoms with van der Waals surface area (Å²) in [4.78, 5) is 16.7. The quantitative estimate of drug-likeness (QED) is 0.910. The van der Waals surface area contributed by atoms with Crippen LogP contribution in [0, 0.1) is 5.92 Å². The first-order chi connectivity index (χ1) is 9.75. The van der Waals surface area contributed by atoms with Crippen molar-refractivity contribution < 1.29 is 4.79 Å². The molecule has 0 aliphatic heterocycles. The van der Waals surface area contributed by atoms with Crippen molar-refractivity contribution in [1.82, 2.24) is 14.8 Å². The van der Waals surface area contributed by atoms with E-state index in [1.807, 2.05) is 30.3 Å². The van der Waals surface area contributed by atoms with Crippen molar-refractivity contribution in [3.8, 4) is 11.4 Å². The maximum Gasteiger partial charge on any atom is 0.253 e. The molecule has 0 amide bonds. The van der Waals surface area contributed by atoms with E-state index < -0.39 is 0 Å². The van der Waals surface area contributed by atoms with Crippen LogP contribution in [0.1, 0.15) is 36.9 Å². The Balaban J connectivity index is 1.87. The van der Waals surface area contributed by atoms with E-state index in [0.717, 1.165) is 31.2 Å². The van der Waals surface area contributed by atoms with Crippen LogP contribution < -0.4 is 5.73 Å². The van der Waals surface area contributed by atoms with Gasteiger partial charge in [0.05, 0.1) is 0 Å². The van der Waals surface area contributed by atoms with E-state index in [0.29, 0.717) is 5.82 Å². The summed E-state index contributed by atoms with van der Waals surface area (Å²) in [5.74, 6) is 0.708. The second kappa shape index (κ2) is 5.45. The molecule has 1 aromatic carbocycles. The fraction of sp³-hybridized carbons (Fsp3) is 0.400. The minimum atomic E-state index is -0.0168. The lowest BCUT2D eigenvalue weighted by atomic mass is 9.89. The fourth-order valence-electron chi connectivity index (χ4n) is 2.72. The van der Waals surface area contributed by atoms with Gasteiger partial charge in [0.1, 0.15) is 0 Å². The molecule has 5 nitrogen and oxygen atoms in total. The van der Waals surface area contributed by atoms with Gasteiger partial charge in [0, 0.05) is 11.5 Å². The molecular weight excluding hydrogens is 252 g/mol. The molecule has 1 aliphatic rings. The lowest BCUT2D eigenvalue weighted by Gasteiger charge is -2.19. The van der Waals surface area contributed by atoms with Crippen LogP contribution in [0.2, 0.25) is 0 Å². The molecule has 1 saturated carbocycles. The minimum absolute atomic E-state index is 0.0168. The Morgan fingerprint density at radius 1 is 1.15 bits per heavy atom. The van der Waals surface area contributed by atoms with Crippen molar-refractivity contribution in [1.29, 1.82) is 0 Å². The Morgan fingerprint density at radius 3 is 2.55 bits per heavy atom. The summed E-state index contributed by atoms with van der Waals surface area (Å²) in [6.45, 7) is 0. The van der Waals surface area contributed by atoms with Gasteiger partial charge in [-0.3, -0.25) is 4.79 Å². The number of aromatic nitrogens is 3. The first-order valence-electron chi connectivity index (χ1n) is 7.08. The maximum atomic E-state index is 12.4. The smallest absolute Gasteiger partial charge is 0.253 e. The van der Waals surface area contributed by atoms with Gasteiger partial charge in [0.15, 0.2) is 5.82 Å². The van der Waals surface area contributed by atoms with E-state index in [9.17, 15) is 4.79 Å². The average molecular weight is 270 g/mol. The van der Waals surface area contributed by atoms with E-state index in [4.69, 9.17) is 5.73 Å². The zero-order valence-corrected chi connectivity index (χ0v) is 11.3. The number of benzene rings is 1. The second-order valence-electron chi connectivity index (χ2n) is 5.24. The van der Waals surface area contributed by atoms with E-state index in [2.05, 4.69) is 10.1 Å². The predicted molar refractivity (Wildman–Crippen MR) is 77.1 cm³/mol. The van der Waals surface area contributed by atoms with Crippen LogP contribution in [-0.2, 0) is 0 Å². The molecule has 0 atom stereocenters. The molecule has 3 rings (SSSR count). The number of hydrogen-bond acceptors (Lipinski definition) is 4. The molecule has 0 bridgehead atoms. The number of carbonyl (C=O) groups excluding carboxylic acids is 1. The highest BCUT2D eigenvalue weighted by Crippen LogP contribution is 2.26. The normalized spacial score (nSPS) is 16.2. The highest BCUT2D eigenvalue weighted by atomic mass is 16.2. The second-order valence-corrected chi connectivity index (χ2v) is 5.24. The van der Waals surface area contributed by atoms with Gasteiger partial charge in [0.25, 0.3) is 5.91 Å². The highest BCUT2D eigenvalue weighted by molar-refractivity contribution is 5.83. The number of anilines is 1. The van der Waals surface area contributed by atoms with Crippen LogP contribution >= 0.6 is 0 Å². The molecular formula is C15H18N4O. The van der Waals surface area contributed by atoms with Crippen molar-refractivity contribution in [2.24, 2.45) is 5.92 Å². The van der Waals surface area contributed by atoms with Crippen LogP contribution in [0.25, 0.3) is 11.4 Å². The van der Waals surface area contributed by atoms with Gasteiger partial charge in [-0.05, 0) is 12.8 Å². The van der Waals surface area contributed by atoms with Crippen molar-refractivity contribution in [2.75, 3.05) is 5.73 Å². The number of nitrogens with zero attached hydrogens (tertiary/aromatic N) is 3. The zero-order chi connectivity index (χ0) is 13.9. The van der Waals surface area contributed by atoms with Crippen LogP contribution in [-0.4, -0.2) is 20.7 Å². The van der Waals surface area contributed by atoms with Gasteiger partial charge in [0.2, 0.25) is 5.95 Å². The number of hydrogen-bond donors (Lipinski definition) is 1. The summed E-state index contributed by atoms with van der Waals surface area (Å²) in [5.41, 5.74) is 6.72. The van der Waals surface area contributed by atoms with Gasteiger partial charge in [-0.15, -0.1) is 5.10 Å². The molecule has 1 heterocycles. The summed E-state index contributed by atoms with van der Waals surface area (Å²) >= 11 is 0. The lowest BCUT2D eigenvalue weighted by molar-refractivity contribution is 0.0788. The third-order valence-corrected chi connectivity index (χ3v) is 3.83. The van der Waals surface area contributed by atoms with Crippen LogP contribution in [0.15, 0.2) is 30.3 Å². The van der Waals surface area contributed by atoms with E-state index in [-0.39, 0.29) is 17.8 Å². The Bertz CT molecular complexity index is 600. The Labute approximate surface area is 117 Å². The Kier molecular flexibility index (Phi) is 3.50. The van der Waals surface area contributed by atoms with Crippen molar-refractivity contribution in [3.63, 3.8) is 0 Å². The van der Waals surface area contributed by atoms with E-state index in [1.165, 1.54) is 11.1 Å². The van der Waals surface area contributed by atoms with Crippen LogP contribution in [0.3, 0.4) is 0 Å². The third-order valence-electron chi connectivity index (χ3n) is 3.83. The summed E-state index contributed by atoms with van der Waals surface area (Å²) < 4.78 is 1.28. The summed E-state index contributed by atoms with van der Waals surface area (Å²) in [6.07, 6.45) is 5.29. The van der Waals surface area contributed by atoms with E-state index in [1.54, 1.807) is 0 Å². The number of nitrogens with two attached hydrogens (primary N) is 1. The molecule has 0 radical (unpaired) electrons. The Morgan fingerprint density at radius 2 is 1.85 bits per heavy atom. The largest absolute Gasteiger partial charge is 0.368 e. The van der Waals surface area contributed by atoms with Crippen LogP contribution in [0.5, 0.6) is 0 Å². The molecule has 2 N–H and O–H groups in total. The van der Waals surface area contributed by atoms with Gasteiger partial charge in [-0.2, -0.15) is 9.67 Å². The standard InChI is InChI=1S/C15H18N4O/c16-15-17-13(11-7-3-1-4-8-11)18-19(15)14(20)12-9-5-2-6-10-12/h1,3-4,7-8,12H,2,5-6,9-10H2,(H2,16,17,18). The minimum Gasteiger partial charge on any atom is -0.368 e. The summed E-state index contributed by atoms with van der Waals surface area (Å²) in [7, 11) is 0. The summed E-state index contributed by atoms with van der Waals surface area (Å²) in [5, 5.41) is 4.29. The highest BCUT2D eigenvalue weighted by Gasteiger charge is 2.25. The molecule has 2 aromatic rings. The molecule has 5 heteroatoms. The predicted octanol–water partition coefficient (Wildman–Crippen LogP) is 2.75. The topological polar surface area (TPSA) is 73.8 Å². The maximum absolute atomic E-state index is 12.4. The van der Waals surface area contributed by atoms with Gasteiger partial charge >= 0.3 is 0 Å². The number of rotatable bonds is 2. The molecule has 1 aliphatic carbocycles. The molecule has 0 spiro atoms. The lowest BCUT2D eigenvalue weighted by Crippen LogP contribution is -2.26. The molecule has 0 unspecified atom stereocenters. The average Bonchev–Trinajstić information content (AvgIpc) is 2.90. The summed E-state index contributed by atoms with van der Waals surface area (Å²) in [6, 6.07) is 9.57. The fourth-order valence-corrected chi connectivity index (χ4v) is 2.72. The first kappa shape index (κ1) is 12.8. The van der Waals surface area contributed by atoms with Crippen molar-refractivity contribution in [3.05, 3.63) is 30.3 Å². The van der Waals surface area contributed by atoms with Crippen LogP contribution in [0.4, 0.5) is 5.95 Å². The zero-order valence-electron chi connectivity index (χ0n) is 11.3. The third kappa shape index (κ3) is 2.43. The van der Waals surface area contributed by atoms with Crippen molar-refractivity contribution in [2.45, 2.75) is 32.1 Å². The molecule has 20 heavy (non-hydrogen) atoms.